The van der Waals surface area contributed by atoms with Gasteiger partial charge in [-0.2, -0.15) is 0 Å². The van der Waals surface area contributed by atoms with Crippen LogP contribution in [0.25, 0.3) is 0 Å². The van der Waals surface area contributed by atoms with E-state index in [0.717, 1.165) is 28.5 Å². The van der Waals surface area contributed by atoms with Crippen LogP contribution in [-0.4, -0.2) is 19.2 Å². The van der Waals surface area contributed by atoms with E-state index in [1.165, 1.54) is 11.9 Å². The Balaban J connectivity index is 2.36. The summed E-state index contributed by atoms with van der Waals surface area (Å²) < 4.78 is 0. The lowest BCUT2D eigenvalue weighted by molar-refractivity contribution is 1.17. The molecule has 0 bridgehead atoms. The van der Waals surface area contributed by atoms with Crippen molar-refractivity contribution in [1.29, 1.82) is 5.41 Å². The lowest BCUT2D eigenvalue weighted by atomic mass is 10.0. The smallest absolute Gasteiger partial charge is 0.105 e. The highest BCUT2D eigenvalue weighted by atomic mass is 35.5. The third-order valence-electron chi connectivity index (χ3n) is 3.36. The summed E-state index contributed by atoms with van der Waals surface area (Å²) in [5.41, 5.74) is 3.31. The Bertz CT molecular complexity index is 647. The van der Waals surface area contributed by atoms with Crippen LogP contribution < -0.4 is 4.90 Å². The first kappa shape index (κ1) is 15.3. The molecule has 21 heavy (non-hydrogen) atoms. The molecule has 4 heteroatoms. The number of rotatable bonds is 4. The quantitative estimate of drug-likeness (QED) is 0.660. The minimum atomic E-state index is 0.738. The molecule has 0 saturated carbocycles. The average molecular weight is 300 g/mol. The molecule has 0 radical (unpaired) electrons. The number of aliphatic imine (C=N–C) groups is 1. The van der Waals surface area contributed by atoms with Gasteiger partial charge < -0.3 is 0 Å². The Labute approximate surface area is 130 Å². The zero-order valence-corrected chi connectivity index (χ0v) is 12.9. The second-order valence-corrected chi connectivity index (χ2v) is 5.14. The molecular formula is C17H18ClN3. The van der Waals surface area contributed by atoms with E-state index >= 15 is 0 Å². The van der Waals surface area contributed by atoms with E-state index in [-0.39, 0.29) is 0 Å². The van der Waals surface area contributed by atoms with Crippen LogP contribution in [0.15, 0.2) is 53.5 Å². The van der Waals surface area contributed by atoms with Gasteiger partial charge in [-0.05, 0) is 42.7 Å². The van der Waals surface area contributed by atoms with Crippen LogP contribution in [0, 0.1) is 5.41 Å². The topological polar surface area (TPSA) is 39.5 Å². The summed E-state index contributed by atoms with van der Waals surface area (Å²) in [6, 6.07) is 15.9. The largest absolute Gasteiger partial charge is 0.291 e. The number of amidine groups is 1. The van der Waals surface area contributed by atoms with E-state index in [1.807, 2.05) is 49.4 Å². The minimum Gasteiger partial charge on any atom is -0.291 e. The van der Waals surface area contributed by atoms with Crippen molar-refractivity contribution in [2.45, 2.75) is 13.3 Å². The van der Waals surface area contributed by atoms with E-state index in [4.69, 9.17) is 17.0 Å². The van der Waals surface area contributed by atoms with E-state index in [2.05, 4.69) is 11.1 Å². The van der Waals surface area contributed by atoms with Gasteiger partial charge in [-0.3, -0.25) is 15.3 Å². The first-order valence-electron chi connectivity index (χ1n) is 6.71. The van der Waals surface area contributed by atoms with Gasteiger partial charge in [-0.25, -0.2) is 0 Å². The Hall–Kier alpha value is -2.13. The van der Waals surface area contributed by atoms with Gasteiger partial charge in [-0.15, -0.1) is 0 Å². The molecule has 2 aromatic carbocycles. The van der Waals surface area contributed by atoms with Gasteiger partial charge in [0, 0.05) is 12.1 Å². The molecule has 0 aliphatic carbocycles. The second kappa shape index (κ2) is 7.04. The Morgan fingerprint density at radius 2 is 1.86 bits per heavy atom. The van der Waals surface area contributed by atoms with Gasteiger partial charge in [0.15, 0.2) is 0 Å². The van der Waals surface area contributed by atoms with Gasteiger partial charge >= 0.3 is 0 Å². The van der Waals surface area contributed by atoms with Crippen LogP contribution in [0.4, 0.5) is 5.69 Å². The molecule has 0 atom stereocenters. The first-order chi connectivity index (χ1) is 10.2. The lowest BCUT2D eigenvalue weighted by Gasteiger charge is -2.21. The third kappa shape index (κ3) is 3.70. The summed E-state index contributed by atoms with van der Waals surface area (Å²) in [7, 11) is 1.73. The number of para-hydroxylation sites is 1. The predicted octanol–water partition coefficient (Wildman–Crippen LogP) is 4.39. The molecule has 2 rings (SSSR count). The average Bonchev–Trinajstić information content (AvgIpc) is 2.51. The molecule has 0 aromatic heterocycles. The fourth-order valence-electron chi connectivity index (χ4n) is 2.16. The SMILES string of the molecule is CN=C(C)N(C=N)c1ccccc1Cc1ccc(Cl)cc1. The van der Waals surface area contributed by atoms with E-state index in [0.29, 0.717) is 0 Å². The Morgan fingerprint density at radius 3 is 2.48 bits per heavy atom. The molecular weight excluding hydrogens is 282 g/mol. The van der Waals surface area contributed by atoms with Crippen LogP contribution in [0.5, 0.6) is 0 Å². The highest BCUT2D eigenvalue weighted by Gasteiger charge is 2.11. The molecule has 108 valence electrons. The standard InChI is InChI=1S/C17H18ClN3/c1-13(20-2)21(12-19)17-6-4-3-5-15(17)11-14-7-9-16(18)10-8-14/h3-10,12,19H,11H2,1-2H3. The normalized spacial score (nSPS) is 11.3. The Kier molecular flexibility index (Phi) is 5.12. The van der Waals surface area contributed by atoms with Crippen molar-refractivity contribution in [3.8, 4) is 0 Å². The van der Waals surface area contributed by atoms with Gasteiger partial charge in [0.2, 0.25) is 0 Å². The summed E-state index contributed by atoms with van der Waals surface area (Å²) in [5, 5.41) is 8.38. The molecule has 0 aliphatic heterocycles. The maximum atomic E-state index is 7.64. The number of anilines is 1. The van der Waals surface area contributed by atoms with Crippen molar-refractivity contribution in [1.82, 2.24) is 0 Å². The number of hydrogen-bond acceptors (Lipinski definition) is 2. The lowest BCUT2D eigenvalue weighted by Crippen LogP contribution is -2.27. The Morgan fingerprint density at radius 1 is 1.19 bits per heavy atom. The number of benzene rings is 2. The van der Waals surface area contributed by atoms with Crippen molar-refractivity contribution in [2.75, 3.05) is 11.9 Å². The molecule has 2 aromatic rings. The number of halogens is 1. The summed E-state index contributed by atoms with van der Waals surface area (Å²) in [6.45, 7) is 1.89. The number of nitrogens with one attached hydrogen (secondary N) is 1. The molecule has 1 N–H and O–H groups in total. The van der Waals surface area contributed by atoms with Crippen molar-refractivity contribution < 1.29 is 0 Å². The van der Waals surface area contributed by atoms with Crippen LogP contribution in [0.3, 0.4) is 0 Å². The molecule has 0 saturated heterocycles. The highest BCUT2D eigenvalue weighted by molar-refractivity contribution is 6.30. The molecule has 0 spiro atoms. The summed E-state index contributed by atoms with van der Waals surface area (Å²) in [4.78, 5) is 5.95. The fraction of sp³-hybridized carbons (Fsp3) is 0.176. The molecule has 0 amide bonds. The third-order valence-corrected chi connectivity index (χ3v) is 3.61. The van der Waals surface area contributed by atoms with Crippen LogP contribution >= 0.6 is 11.6 Å². The van der Waals surface area contributed by atoms with Crippen molar-refractivity contribution in [3.05, 3.63) is 64.7 Å². The molecule has 0 aliphatic rings. The number of hydrogen-bond donors (Lipinski definition) is 1. The molecule has 0 fully saturated rings. The molecule has 0 unspecified atom stereocenters. The van der Waals surface area contributed by atoms with Gasteiger partial charge in [-0.1, -0.05) is 41.9 Å². The molecule has 0 heterocycles. The van der Waals surface area contributed by atoms with Crippen molar-refractivity contribution in [3.63, 3.8) is 0 Å². The minimum absolute atomic E-state index is 0.738. The number of nitrogens with zero attached hydrogens (tertiary/aromatic N) is 2. The maximum Gasteiger partial charge on any atom is 0.105 e. The van der Waals surface area contributed by atoms with E-state index in [1.54, 1.807) is 11.9 Å². The summed E-state index contributed by atoms with van der Waals surface area (Å²) >= 11 is 5.93. The van der Waals surface area contributed by atoms with Crippen molar-refractivity contribution >= 4 is 29.5 Å². The van der Waals surface area contributed by atoms with Crippen LogP contribution in [-0.2, 0) is 6.42 Å². The second-order valence-electron chi connectivity index (χ2n) is 4.70. The van der Waals surface area contributed by atoms with Gasteiger partial charge in [0.25, 0.3) is 0 Å². The monoisotopic (exact) mass is 299 g/mol. The zero-order valence-electron chi connectivity index (χ0n) is 12.2. The summed E-state index contributed by atoms with van der Waals surface area (Å²) in [6.07, 6.45) is 2.08. The predicted molar refractivity (Wildman–Crippen MR) is 91.0 cm³/mol. The molecule has 3 nitrogen and oxygen atoms in total. The van der Waals surface area contributed by atoms with Crippen LogP contribution in [0.1, 0.15) is 18.1 Å². The van der Waals surface area contributed by atoms with Crippen LogP contribution in [0.2, 0.25) is 5.02 Å². The first-order valence-corrected chi connectivity index (χ1v) is 7.09. The van der Waals surface area contributed by atoms with Crippen molar-refractivity contribution in [2.24, 2.45) is 4.99 Å². The summed E-state index contributed by atoms with van der Waals surface area (Å²) in [5.74, 6) is 0.786. The van der Waals surface area contributed by atoms with E-state index < -0.39 is 0 Å². The fourth-order valence-corrected chi connectivity index (χ4v) is 2.29. The maximum absolute atomic E-state index is 7.64. The zero-order chi connectivity index (χ0) is 15.2. The highest BCUT2D eigenvalue weighted by Crippen LogP contribution is 2.23. The van der Waals surface area contributed by atoms with Gasteiger partial charge in [0.1, 0.15) is 5.84 Å². The van der Waals surface area contributed by atoms with E-state index in [9.17, 15) is 0 Å². The van der Waals surface area contributed by atoms with Gasteiger partial charge in [0.05, 0.1) is 12.0 Å².